The summed E-state index contributed by atoms with van der Waals surface area (Å²) in [5.41, 5.74) is 1.90. The second-order valence-electron chi connectivity index (χ2n) is 15.6. The van der Waals surface area contributed by atoms with Crippen molar-refractivity contribution in [3.05, 3.63) is 71.6 Å². The Morgan fingerprint density at radius 3 is 2.31 bits per heavy atom. The molecule has 8 rings (SSSR count). The largest absolute Gasteiger partial charge is 0.462 e. The van der Waals surface area contributed by atoms with Gasteiger partial charge in [-0.3, -0.25) is 14.6 Å². The Kier molecular flexibility index (Phi) is 9.91. The lowest BCUT2D eigenvalue weighted by atomic mass is 9.57. The van der Waals surface area contributed by atoms with Crippen molar-refractivity contribution in [2.24, 2.45) is 53.3 Å². The van der Waals surface area contributed by atoms with E-state index in [1.807, 2.05) is 26.0 Å². The fourth-order valence-corrected chi connectivity index (χ4v) is 10.4. The normalized spacial score (nSPS) is 38.7. The van der Waals surface area contributed by atoms with Crippen molar-refractivity contribution in [1.29, 1.82) is 0 Å². The van der Waals surface area contributed by atoms with Crippen molar-refractivity contribution >= 4 is 18.0 Å². The monoisotopic (exact) mass is 711 g/mol. The summed E-state index contributed by atoms with van der Waals surface area (Å²) in [5, 5.41) is 0. The molecule has 1 aromatic carbocycles. The zero-order chi connectivity index (χ0) is 36.2. The van der Waals surface area contributed by atoms with Gasteiger partial charge in [-0.25, -0.2) is 8.78 Å². The van der Waals surface area contributed by atoms with E-state index < -0.39 is 24.1 Å². The first-order valence-electron chi connectivity index (χ1n) is 18.5. The average molecular weight is 712 g/mol. The molecule has 4 aliphatic carbocycles. The number of pyridine rings is 1. The quantitative estimate of drug-likeness (QED) is 0.180. The standard InChI is InChI=1S/C27H27F4NO2.C14H19FO2/c1-15-25-21(20-6-3-7-24(28)22(20)13-23(25)26(33)34-15)11-10-19-9-8-17(14-32-19)16-4-2-5-18(12-16)27(29,30)31;1-7-9-4-3-5-12(15)10(9)6-11-13(7)8(2)17-14(11)16/h2,4-5,8-12,14-15,20-25H,3,6-7,13H2,1H3;6-9,11-13H,3-5H2,1-2H3/b11-10+;/t15-,20?,21+,22?,23?,24?,25?;7-,8+,9-,11+,12-,13+/m10/s1. The predicted molar refractivity (Wildman–Crippen MR) is 182 cm³/mol. The molecule has 274 valence electrons. The highest BCUT2D eigenvalue weighted by molar-refractivity contribution is 5.78. The number of halogens is 5. The van der Waals surface area contributed by atoms with Gasteiger partial charge in [0.05, 0.1) is 23.1 Å². The molecule has 6 aliphatic rings. The maximum atomic E-state index is 14.8. The van der Waals surface area contributed by atoms with Crippen LogP contribution < -0.4 is 0 Å². The fraction of sp³-hybridized carbons (Fsp3) is 0.585. The minimum absolute atomic E-state index is 0.0136. The van der Waals surface area contributed by atoms with Crippen molar-refractivity contribution in [3.8, 4) is 11.1 Å². The number of fused-ring (bicyclic) bond motifs is 4. The Morgan fingerprint density at radius 2 is 1.57 bits per heavy atom. The molecule has 0 amide bonds. The van der Waals surface area contributed by atoms with Crippen LogP contribution in [0.15, 0.2) is 60.3 Å². The van der Waals surface area contributed by atoms with Gasteiger partial charge < -0.3 is 9.47 Å². The van der Waals surface area contributed by atoms with E-state index in [0.717, 1.165) is 43.4 Å². The van der Waals surface area contributed by atoms with Crippen LogP contribution in [0.2, 0.25) is 0 Å². The van der Waals surface area contributed by atoms with E-state index in [-0.39, 0.29) is 65.6 Å². The van der Waals surface area contributed by atoms with Crippen LogP contribution in [-0.2, 0) is 25.2 Å². The minimum atomic E-state index is -4.40. The summed E-state index contributed by atoms with van der Waals surface area (Å²) in [5.74, 6) is 0.211. The Bertz CT molecular complexity index is 1670. The number of rotatable bonds is 3. The SMILES string of the molecule is C[C@@H]1[C@@H]2[C@@H](C)OC(=O)[C@@H]2C=C2[C@H]1CCC[C@@H]2F.C[C@H]1OC(=O)C2CC3C(F)CCCC3[C@H](/C=C/c3ccc(-c4cccc(C(F)(F)F)c4)cn3)C21. The van der Waals surface area contributed by atoms with Gasteiger partial charge in [-0.05, 0) is 117 Å². The van der Waals surface area contributed by atoms with Crippen molar-refractivity contribution in [2.75, 3.05) is 0 Å². The molecular weight excluding hydrogens is 665 g/mol. The molecule has 1 aromatic heterocycles. The number of cyclic esters (lactones) is 2. The van der Waals surface area contributed by atoms with Crippen LogP contribution >= 0.6 is 0 Å². The third-order valence-electron chi connectivity index (χ3n) is 12.8. The number of hydrogen-bond donors (Lipinski definition) is 0. The molecule has 51 heavy (non-hydrogen) atoms. The van der Waals surface area contributed by atoms with Crippen molar-refractivity contribution < 1.29 is 41.0 Å². The van der Waals surface area contributed by atoms with E-state index in [1.54, 1.807) is 24.4 Å². The van der Waals surface area contributed by atoms with Crippen molar-refractivity contribution in [2.45, 2.75) is 96.4 Å². The molecule has 10 heteroatoms. The average Bonchev–Trinajstić information content (AvgIpc) is 3.56. The van der Waals surface area contributed by atoms with Crippen LogP contribution in [0, 0.1) is 53.3 Å². The van der Waals surface area contributed by atoms with Gasteiger partial charge in [0.1, 0.15) is 24.6 Å². The summed E-state index contributed by atoms with van der Waals surface area (Å²) in [6.07, 6.45) is 6.61. The highest BCUT2D eigenvalue weighted by Gasteiger charge is 2.56. The van der Waals surface area contributed by atoms with Gasteiger partial charge in [-0.2, -0.15) is 13.2 Å². The van der Waals surface area contributed by atoms with Crippen molar-refractivity contribution in [1.82, 2.24) is 4.98 Å². The van der Waals surface area contributed by atoms with E-state index in [4.69, 9.17) is 9.47 Å². The molecule has 2 saturated heterocycles. The van der Waals surface area contributed by atoms with Gasteiger partial charge >= 0.3 is 18.1 Å². The Labute approximate surface area is 296 Å². The molecule has 5 unspecified atom stereocenters. The molecule has 3 heterocycles. The number of allylic oxidation sites excluding steroid dienone is 2. The Morgan fingerprint density at radius 1 is 0.824 bits per heavy atom. The zero-order valence-electron chi connectivity index (χ0n) is 29.2. The minimum Gasteiger partial charge on any atom is -0.462 e. The lowest BCUT2D eigenvalue weighted by Gasteiger charge is -2.47. The molecule has 5 nitrogen and oxygen atoms in total. The van der Waals surface area contributed by atoms with E-state index in [9.17, 15) is 31.5 Å². The molecule has 0 N–H and O–H groups in total. The maximum Gasteiger partial charge on any atom is 0.416 e. The molecule has 3 saturated carbocycles. The number of alkyl halides is 5. The third kappa shape index (κ3) is 6.88. The molecule has 0 bridgehead atoms. The molecule has 2 aromatic rings. The molecule has 13 atom stereocenters. The van der Waals surface area contributed by atoms with Crippen LogP contribution in [0.4, 0.5) is 22.0 Å². The first-order valence-corrected chi connectivity index (χ1v) is 18.5. The lowest BCUT2D eigenvalue weighted by molar-refractivity contribution is -0.145. The van der Waals surface area contributed by atoms with E-state index in [0.29, 0.717) is 47.9 Å². The topological polar surface area (TPSA) is 65.5 Å². The van der Waals surface area contributed by atoms with Gasteiger partial charge in [0.2, 0.25) is 0 Å². The van der Waals surface area contributed by atoms with Crippen molar-refractivity contribution in [3.63, 3.8) is 0 Å². The predicted octanol–water partition coefficient (Wildman–Crippen LogP) is 9.61. The third-order valence-corrected chi connectivity index (χ3v) is 12.8. The van der Waals surface area contributed by atoms with Crippen LogP contribution in [0.5, 0.6) is 0 Å². The maximum absolute atomic E-state index is 14.8. The number of benzene rings is 1. The summed E-state index contributed by atoms with van der Waals surface area (Å²) in [6, 6.07) is 8.68. The number of esters is 2. The number of carbonyl (C=O) groups excluding carboxylic acids is 2. The van der Waals surface area contributed by atoms with Gasteiger partial charge in [-0.1, -0.05) is 43.7 Å². The Hall–Kier alpha value is -3.56. The van der Waals surface area contributed by atoms with Gasteiger partial charge in [0.15, 0.2) is 0 Å². The molecular formula is C41H46F5NO4. The molecule has 2 aliphatic heterocycles. The lowest BCUT2D eigenvalue weighted by Crippen LogP contribution is -2.46. The van der Waals surface area contributed by atoms with E-state index in [2.05, 4.69) is 18.0 Å². The summed E-state index contributed by atoms with van der Waals surface area (Å²) < 4.78 is 78.7. The number of ether oxygens (including phenoxy) is 2. The molecule has 0 spiro atoms. The second-order valence-corrected chi connectivity index (χ2v) is 15.6. The summed E-state index contributed by atoms with van der Waals surface area (Å²) >= 11 is 0. The highest BCUT2D eigenvalue weighted by atomic mass is 19.4. The van der Waals surface area contributed by atoms with Crippen LogP contribution in [0.1, 0.15) is 77.0 Å². The van der Waals surface area contributed by atoms with Crippen LogP contribution in [-0.4, -0.2) is 41.5 Å². The second kappa shape index (κ2) is 14.1. The number of hydrogen-bond acceptors (Lipinski definition) is 5. The van der Waals surface area contributed by atoms with E-state index >= 15 is 0 Å². The summed E-state index contributed by atoms with van der Waals surface area (Å²) in [6.45, 7) is 6.04. The van der Waals surface area contributed by atoms with Gasteiger partial charge in [0, 0.05) is 23.6 Å². The Balaban J connectivity index is 0.000000199. The summed E-state index contributed by atoms with van der Waals surface area (Å²) in [7, 11) is 0. The van der Waals surface area contributed by atoms with Gasteiger partial charge in [0.25, 0.3) is 0 Å². The number of aromatic nitrogens is 1. The highest BCUT2D eigenvalue weighted by Crippen LogP contribution is 2.54. The molecule has 5 fully saturated rings. The zero-order valence-corrected chi connectivity index (χ0v) is 29.2. The smallest absolute Gasteiger partial charge is 0.416 e. The first kappa shape index (κ1) is 35.8. The van der Waals surface area contributed by atoms with Gasteiger partial charge in [-0.15, -0.1) is 0 Å². The number of carbonyl (C=O) groups is 2. The molecule has 0 radical (unpaired) electrons. The van der Waals surface area contributed by atoms with Crippen LogP contribution in [0.3, 0.4) is 0 Å². The fourth-order valence-electron chi connectivity index (χ4n) is 10.4. The number of nitrogens with zero attached hydrogens (tertiary/aromatic N) is 1. The van der Waals surface area contributed by atoms with Crippen LogP contribution in [0.25, 0.3) is 17.2 Å². The summed E-state index contributed by atoms with van der Waals surface area (Å²) in [4.78, 5) is 28.6. The van der Waals surface area contributed by atoms with E-state index in [1.165, 1.54) is 6.07 Å². The first-order chi connectivity index (χ1) is 24.3.